The van der Waals surface area contributed by atoms with Crippen LogP contribution in [0.4, 0.5) is 0 Å². The lowest BCUT2D eigenvalue weighted by Gasteiger charge is -2.33. The number of likely N-dealkylation sites (tertiary alicyclic amines) is 1. The van der Waals surface area contributed by atoms with Crippen molar-refractivity contribution in [1.82, 2.24) is 9.88 Å². The standard InChI is InChI=1S/C19H26N2O/c1-12-9-13(2)18-17(10-12)20-15(4)16(19(18)22)11-21-8-6-5-7-14(21)3/h9-10,14H,5-8,11H2,1-4H3,(H,20,22)/t14-/m0/s1. The summed E-state index contributed by atoms with van der Waals surface area (Å²) in [5.74, 6) is 0. The second-order valence-electron chi connectivity index (χ2n) is 6.88. The number of aryl methyl sites for hydroxylation is 3. The number of nitrogens with one attached hydrogen (secondary N) is 1. The molecule has 3 rings (SSSR count). The molecule has 0 bridgehead atoms. The second kappa shape index (κ2) is 5.88. The number of hydrogen-bond donors (Lipinski definition) is 1. The highest BCUT2D eigenvalue weighted by Crippen LogP contribution is 2.22. The lowest BCUT2D eigenvalue weighted by Crippen LogP contribution is -2.38. The molecule has 22 heavy (non-hydrogen) atoms. The van der Waals surface area contributed by atoms with Gasteiger partial charge in [0.05, 0.1) is 5.52 Å². The van der Waals surface area contributed by atoms with Crippen molar-refractivity contribution in [3.63, 3.8) is 0 Å². The number of rotatable bonds is 2. The maximum absolute atomic E-state index is 13.0. The summed E-state index contributed by atoms with van der Waals surface area (Å²) in [6.45, 7) is 10.3. The Balaban J connectivity index is 2.08. The first-order valence-electron chi connectivity index (χ1n) is 8.34. The molecular formula is C19H26N2O. The normalized spacial score (nSPS) is 19.7. The van der Waals surface area contributed by atoms with Crippen molar-refractivity contribution in [3.8, 4) is 0 Å². The Labute approximate surface area is 132 Å². The predicted octanol–water partition coefficient (Wildman–Crippen LogP) is 3.83. The van der Waals surface area contributed by atoms with Crippen molar-refractivity contribution in [1.29, 1.82) is 0 Å². The average molecular weight is 298 g/mol. The van der Waals surface area contributed by atoms with Gasteiger partial charge in [0.2, 0.25) is 0 Å². The SMILES string of the molecule is Cc1cc(C)c2c(=O)c(CN3CCCC[C@@H]3C)c(C)[nH]c2c1. The molecule has 118 valence electrons. The smallest absolute Gasteiger partial charge is 0.194 e. The van der Waals surface area contributed by atoms with Crippen LogP contribution in [0, 0.1) is 20.8 Å². The molecule has 3 heteroatoms. The third-order valence-electron chi connectivity index (χ3n) is 5.06. The van der Waals surface area contributed by atoms with Gasteiger partial charge in [-0.15, -0.1) is 0 Å². The molecule has 0 unspecified atom stereocenters. The van der Waals surface area contributed by atoms with E-state index >= 15 is 0 Å². The quantitative estimate of drug-likeness (QED) is 0.914. The van der Waals surface area contributed by atoms with Crippen molar-refractivity contribution in [2.45, 2.75) is 59.5 Å². The summed E-state index contributed by atoms with van der Waals surface area (Å²) in [6.07, 6.45) is 3.79. The Hall–Kier alpha value is -1.61. The molecule has 1 aliphatic heterocycles. The Morgan fingerprint density at radius 2 is 2.00 bits per heavy atom. The Bertz CT molecular complexity index is 760. The largest absolute Gasteiger partial charge is 0.358 e. The first-order chi connectivity index (χ1) is 10.5. The zero-order chi connectivity index (χ0) is 15.9. The molecule has 1 fully saturated rings. The summed E-state index contributed by atoms with van der Waals surface area (Å²) in [4.78, 5) is 18.9. The maximum Gasteiger partial charge on any atom is 0.194 e. The van der Waals surface area contributed by atoms with E-state index in [9.17, 15) is 4.79 Å². The number of fused-ring (bicyclic) bond motifs is 1. The first kappa shape index (κ1) is 15.3. The van der Waals surface area contributed by atoms with Gasteiger partial charge in [0.15, 0.2) is 5.43 Å². The molecule has 1 aliphatic rings. The highest BCUT2D eigenvalue weighted by Gasteiger charge is 2.21. The van der Waals surface area contributed by atoms with Crippen LogP contribution in [-0.2, 0) is 6.54 Å². The van der Waals surface area contributed by atoms with Crippen LogP contribution >= 0.6 is 0 Å². The zero-order valence-electron chi connectivity index (χ0n) is 14.1. The topological polar surface area (TPSA) is 36.1 Å². The van der Waals surface area contributed by atoms with Gasteiger partial charge in [0.1, 0.15) is 0 Å². The molecule has 0 radical (unpaired) electrons. The number of H-pyrrole nitrogens is 1. The minimum absolute atomic E-state index is 0.210. The molecule has 1 aromatic carbocycles. The number of aromatic amines is 1. The third-order valence-corrected chi connectivity index (χ3v) is 5.06. The molecule has 1 aromatic heterocycles. The van der Waals surface area contributed by atoms with Crippen molar-refractivity contribution >= 4 is 10.9 Å². The molecule has 0 aliphatic carbocycles. The second-order valence-corrected chi connectivity index (χ2v) is 6.88. The molecule has 1 atom stereocenters. The Kier molecular flexibility index (Phi) is 4.09. The van der Waals surface area contributed by atoms with Crippen LogP contribution < -0.4 is 5.43 Å². The van der Waals surface area contributed by atoms with Crippen molar-refractivity contribution in [2.24, 2.45) is 0 Å². The van der Waals surface area contributed by atoms with E-state index in [1.165, 1.54) is 24.8 Å². The van der Waals surface area contributed by atoms with Crippen LogP contribution in [0.1, 0.15) is 48.6 Å². The van der Waals surface area contributed by atoms with Crippen molar-refractivity contribution in [2.75, 3.05) is 6.54 Å². The van der Waals surface area contributed by atoms with Crippen LogP contribution in [0.15, 0.2) is 16.9 Å². The fourth-order valence-corrected chi connectivity index (χ4v) is 3.75. The van der Waals surface area contributed by atoms with E-state index in [-0.39, 0.29) is 5.43 Å². The lowest BCUT2D eigenvalue weighted by molar-refractivity contribution is 0.152. The Morgan fingerprint density at radius 3 is 2.73 bits per heavy atom. The van der Waals surface area contributed by atoms with Gasteiger partial charge >= 0.3 is 0 Å². The summed E-state index contributed by atoms with van der Waals surface area (Å²) in [6, 6.07) is 4.74. The van der Waals surface area contributed by atoms with Crippen LogP contribution in [0.2, 0.25) is 0 Å². The van der Waals surface area contributed by atoms with E-state index in [4.69, 9.17) is 0 Å². The van der Waals surface area contributed by atoms with Crippen LogP contribution in [0.5, 0.6) is 0 Å². The molecule has 0 spiro atoms. The zero-order valence-corrected chi connectivity index (χ0v) is 14.1. The summed E-state index contributed by atoms with van der Waals surface area (Å²) in [5.41, 5.74) is 5.40. The highest BCUT2D eigenvalue weighted by molar-refractivity contribution is 5.83. The predicted molar refractivity (Wildman–Crippen MR) is 92.5 cm³/mol. The van der Waals surface area contributed by atoms with Gasteiger partial charge in [-0.05, 0) is 64.3 Å². The van der Waals surface area contributed by atoms with E-state index in [1.807, 2.05) is 13.8 Å². The number of hydrogen-bond acceptors (Lipinski definition) is 2. The maximum atomic E-state index is 13.0. The van der Waals surface area contributed by atoms with Crippen LogP contribution in [0.3, 0.4) is 0 Å². The summed E-state index contributed by atoms with van der Waals surface area (Å²) >= 11 is 0. The van der Waals surface area contributed by atoms with Crippen molar-refractivity contribution < 1.29 is 0 Å². The number of piperidine rings is 1. The van der Waals surface area contributed by atoms with Crippen LogP contribution in [-0.4, -0.2) is 22.5 Å². The van der Waals surface area contributed by atoms with Crippen molar-refractivity contribution in [3.05, 3.63) is 44.7 Å². The van der Waals surface area contributed by atoms with Gasteiger partial charge in [-0.1, -0.05) is 12.5 Å². The van der Waals surface area contributed by atoms with Crippen LogP contribution in [0.25, 0.3) is 10.9 Å². The Morgan fingerprint density at radius 1 is 1.23 bits per heavy atom. The summed E-state index contributed by atoms with van der Waals surface area (Å²) < 4.78 is 0. The van der Waals surface area contributed by atoms with E-state index in [0.29, 0.717) is 6.04 Å². The van der Waals surface area contributed by atoms with E-state index in [0.717, 1.165) is 40.8 Å². The minimum atomic E-state index is 0.210. The fourth-order valence-electron chi connectivity index (χ4n) is 3.75. The molecule has 0 amide bonds. The number of aromatic nitrogens is 1. The molecule has 2 aromatic rings. The number of benzene rings is 1. The molecule has 3 nitrogen and oxygen atoms in total. The van der Waals surface area contributed by atoms with Gasteiger partial charge in [-0.2, -0.15) is 0 Å². The monoisotopic (exact) mass is 298 g/mol. The van der Waals surface area contributed by atoms with E-state index in [2.05, 4.69) is 35.9 Å². The van der Waals surface area contributed by atoms with E-state index < -0.39 is 0 Å². The van der Waals surface area contributed by atoms with Gasteiger partial charge in [-0.25, -0.2) is 0 Å². The number of nitrogens with zero attached hydrogens (tertiary/aromatic N) is 1. The molecule has 1 saturated heterocycles. The van der Waals surface area contributed by atoms with Gasteiger partial charge in [0.25, 0.3) is 0 Å². The van der Waals surface area contributed by atoms with Gasteiger partial charge in [0, 0.05) is 29.2 Å². The summed E-state index contributed by atoms with van der Waals surface area (Å²) in [5, 5.41) is 0.857. The first-order valence-corrected chi connectivity index (χ1v) is 8.34. The molecule has 1 N–H and O–H groups in total. The lowest BCUT2D eigenvalue weighted by atomic mass is 9.99. The highest BCUT2D eigenvalue weighted by atomic mass is 16.1. The average Bonchev–Trinajstić information content (AvgIpc) is 2.44. The van der Waals surface area contributed by atoms with E-state index in [1.54, 1.807) is 0 Å². The molecule has 0 saturated carbocycles. The fraction of sp³-hybridized carbons (Fsp3) is 0.526. The van der Waals surface area contributed by atoms with Gasteiger partial charge < -0.3 is 4.98 Å². The third kappa shape index (κ3) is 2.70. The molecular weight excluding hydrogens is 272 g/mol. The number of pyridine rings is 1. The van der Waals surface area contributed by atoms with Gasteiger partial charge in [-0.3, -0.25) is 9.69 Å². The molecule has 2 heterocycles. The summed E-state index contributed by atoms with van der Waals surface area (Å²) in [7, 11) is 0. The minimum Gasteiger partial charge on any atom is -0.358 e.